The number of hydrogen-bond acceptors (Lipinski definition) is 6. The van der Waals surface area contributed by atoms with E-state index in [1.54, 1.807) is 0 Å². The molecule has 0 bridgehead atoms. The monoisotopic (exact) mass is 566 g/mol. The van der Waals surface area contributed by atoms with Crippen molar-refractivity contribution in [1.82, 2.24) is 9.80 Å². The van der Waals surface area contributed by atoms with Gasteiger partial charge in [0.15, 0.2) is 0 Å². The van der Waals surface area contributed by atoms with Crippen molar-refractivity contribution in [2.24, 2.45) is 0 Å². The number of benzene rings is 2. The third-order valence-corrected chi connectivity index (χ3v) is 7.33. The summed E-state index contributed by atoms with van der Waals surface area (Å²) in [4.78, 5) is 3.64. The number of halogens is 6. The molecule has 2 aliphatic heterocycles. The van der Waals surface area contributed by atoms with Crippen molar-refractivity contribution in [3.05, 3.63) is 58.7 Å². The number of alkyl halides is 6. The smallest absolute Gasteiger partial charge is 0.411 e. The number of hydrogen-bond donors (Lipinski definition) is 2. The maximum Gasteiger partial charge on any atom is 0.411 e. The molecule has 0 saturated heterocycles. The molecule has 204 valence electrons. The average Bonchev–Trinajstić information content (AvgIpc) is 2.84. The minimum Gasteiger partial charge on any atom is -0.478 e. The van der Waals surface area contributed by atoms with Crippen LogP contribution >= 0.6 is 25.3 Å². The molecule has 0 atom stereocenters. The van der Waals surface area contributed by atoms with E-state index in [1.807, 2.05) is 9.80 Å². The minimum atomic E-state index is -5.67. The van der Waals surface area contributed by atoms with E-state index in [2.05, 4.69) is 25.3 Å². The second-order valence-electron chi connectivity index (χ2n) is 9.20. The predicted octanol–water partition coefficient (Wildman–Crippen LogP) is 6.04. The summed E-state index contributed by atoms with van der Waals surface area (Å²) in [6.45, 7) is 1.90. The molecule has 0 N–H and O–H groups in total. The molecular formula is C25H28F6N2O2S2. The van der Waals surface area contributed by atoms with Crippen molar-refractivity contribution in [3.8, 4) is 11.5 Å². The third kappa shape index (κ3) is 5.53. The Balaban J connectivity index is 1.81. The van der Waals surface area contributed by atoms with Gasteiger partial charge in [0.05, 0.1) is 0 Å². The van der Waals surface area contributed by atoms with Crippen molar-refractivity contribution in [3.63, 3.8) is 0 Å². The van der Waals surface area contributed by atoms with Crippen LogP contribution in [0.2, 0.25) is 0 Å². The Morgan fingerprint density at radius 3 is 1.43 bits per heavy atom. The standard InChI is InChI=1S/C25H28F6N2O2S2/c26-24(27,28)23(25(29,30)31,19-3-5-21-17(11-19)13-32(15-34-21)7-1-9-36)20-4-6-22-18(12-20)14-33(16-35-22)8-2-10-37/h3-6,11-12,36-37H,1-2,7-10,13-16H2. The molecule has 0 saturated carbocycles. The van der Waals surface area contributed by atoms with Gasteiger partial charge in [-0.15, -0.1) is 0 Å². The normalized spacial score (nSPS) is 17.1. The fourth-order valence-corrected chi connectivity index (χ4v) is 5.19. The van der Waals surface area contributed by atoms with Crippen LogP contribution in [-0.2, 0) is 18.5 Å². The van der Waals surface area contributed by atoms with E-state index in [-0.39, 0.29) is 49.2 Å². The van der Waals surface area contributed by atoms with Gasteiger partial charge in [-0.2, -0.15) is 51.6 Å². The summed E-state index contributed by atoms with van der Waals surface area (Å²) in [7, 11) is 0. The molecule has 4 rings (SSSR count). The van der Waals surface area contributed by atoms with E-state index < -0.39 is 28.9 Å². The minimum absolute atomic E-state index is 0.181. The summed E-state index contributed by atoms with van der Waals surface area (Å²) >= 11 is 8.32. The lowest BCUT2D eigenvalue weighted by molar-refractivity contribution is -0.288. The maximum absolute atomic E-state index is 14.8. The largest absolute Gasteiger partial charge is 0.478 e. The van der Waals surface area contributed by atoms with Crippen molar-refractivity contribution < 1.29 is 35.8 Å². The molecule has 0 aromatic heterocycles. The lowest BCUT2D eigenvalue weighted by atomic mass is 9.72. The molecule has 12 heteroatoms. The van der Waals surface area contributed by atoms with Crippen LogP contribution in [0.3, 0.4) is 0 Å². The maximum atomic E-state index is 14.8. The van der Waals surface area contributed by atoms with Crippen molar-refractivity contribution in [1.29, 1.82) is 0 Å². The third-order valence-electron chi connectivity index (χ3n) is 6.70. The quantitative estimate of drug-likeness (QED) is 0.301. The van der Waals surface area contributed by atoms with E-state index in [9.17, 15) is 26.3 Å². The lowest BCUT2D eigenvalue weighted by Gasteiger charge is -2.40. The molecular weight excluding hydrogens is 538 g/mol. The average molecular weight is 567 g/mol. The molecule has 2 aromatic rings. The van der Waals surface area contributed by atoms with Gasteiger partial charge in [0.1, 0.15) is 25.0 Å². The van der Waals surface area contributed by atoms with Gasteiger partial charge in [-0.25, -0.2) is 0 Å². The fraction of sp³-hybridized carbons (Fsp3) is 0.520. The van der Waals surface area contributed by atoms with Crippen LogP contribution in [0.25, 0.3) is 0 Å². The lowest BCUT2D eigenvalue weighted by Crippen LogP contribution is -2.55. The van der Waals surface area contributed by atoms with Gasteiger partial charge in [-0.3, -0.25) is 9.80 Å². The summed E-state index contributed by atoms with van der Waals surface area (Å²) in [5.41, 5.74) is -5.46. The SMILES string of the molecule is FC(F)(F)C(c1ccc2c(c1)CN(CCCS)CO2)(c1ccc2c(c1)CN(CCCS)CO2)C(F)(F)F. The van der Waals surface area contributed by atoms with Gasteiger partial charge in [-0.05, 0) is 59.7 Å². The van der Waals surface area contributed by atoms with Crippen molar-refractivity contribution >= 4 is 25.3 Å². The Morgan fingerprint density at radius 2 is 1.08 bits per heavy atom. The highest BCUT2D eigenvalue weighted by atomic mass is 32.1. The Labute approximate surface area is 222 Å². The highest BCUT2D eigenvalue weighted by molar-refractivity contribution is 7.80. The molecule has 0 spiro atoms. The van der Waals surface area contributed by atoms with Crippen LogP contribution in [0.4, 0.5) is 26.3 Å². The molecule has 4 nitrogen and oxygen atoms in total. The number of ether oxygens (including phenoxy) is 2. The fourth-order valence-electron chi connectivity index (χ4n) is 4.91. The molecule has 2 aliphatic rings. The van der Waals surface area contributed by atoms with Gasteiger partial charge < -0.3 is 9.47 Å². The summed E-state index contributed by atoms with van der Waals surface area (Å²) in [6, 6.07) is 6.12. The Morgan fingerprint density at radius 1 is 0.676 bits per heavy atom. The van der Waals surface area contributed by atoms with E-state index in [0.717, 1.165) is 24.3 Å². The van der Waals surface area contributed by atoms with Crippen LogP contribution in [0, 0.1) is 0 Å². The highest BCUT2D eigenvalue weighted by Crippen LogP contribution is 2.57. The van der Waals surface area contributed by atoms with Gasteiger partial charge >= 0.3 is 12.4 Å². The first-order valence-electron chi connectivity index (χ1n) is 11.8. The van der Waals surface area contributed by atoms with Crippen LogP contribution in [0.1, 0.15) is 35.1 Å². The molecule has 0 amide bonds. The van der Waals surface area contributed by atoms with Gasteiger partial charge in [0.25, 0.3) is 0 Å². The number of rotatable bonds is 8. The number of nitrogens with zero attached hydrogens (tertiary/aromatic N) is 2. The Kier molecular flexibility index (Phi) is 8.52. The number of thiol groups is 2. The summed E-state index contributed by atoms with van der Waals surface area (Å²) in [5, 5.41) is 0. The zero-order valence-corrected chi connectivity index (χ0v) is 21.7. The Bertz CT molecular complexity index is 1010. The van der Waals surface area contributed by atoms with Gasteiger partial charge in [0.2, 0.25) is 5.41 Å². The topological polar surface area (TPSA) is 24.9 Å². The van der Waals surface area contributed by atoms with Crippen LogP contribution in [0.5, 0.6) is 11.5 Å². The van der Waals surface area contributed by atoms with Gasteiger partial charge in [-0.1, -0.05) is 12.1 Å². The molecule has 37 heavy (non-hydrogen) atoms. The molecule has 0 aliphatic carbocycles. The summed E-state index contributed by atoms with van der Waals surface area (Å²) < 4.78 is 99.9. The van der Waals surface area contributed by atoms with Crippen LogP contribution in [0.15, 0.2) is 36.4 Å². The first kappa shape index (κ1) is 28.3. The zero-order chi connectivity index (χ0) is 26.8. The van der Waals surface area contributed by atoms with E-state index in [1.165, 1.54) is 12.1 Å². The van der Waals surface area contributed by atoms with Crippen molar-refractivity contribution in [2.45, 2.75) is 43.7 Å². The van der Waals surface area contributed by atoms with Crippen molar-refractivity contribution in [2.75, 3.05) is 38.1 Å². The summed E-state index contributed by atoms with van der Waals surface area (Å²) in [6.07, 6.45) is -9.93. The predicted molar refractivity (Wildman–Crippen MR) is 135 cm³/mol. The molecule has 0 fully saturated rings. The highest BCUT2D eigenvalue weighted by Gasteiger charge is 2.72. The number of fused-ring (bicyclic) bond motifs is 2. The molecule has 0 unspecified atom stereocenters. The van der Waals surface area contributed by atoms with E-state index >= 15 is 0 Å². The Hall–Kier alpha value is -1.76. The van der Waals surface area contributed by atoms with E-state index in [4.69, 9.17) is 9.47 Å². The summed E-state index contributed by atoms with van der Waals surface area (Å²) in [5.74, 6) is 1.76. The first-order valence-corrected chi connectivity index (χ1v) is 13.1. The first-order chi connectivity index (χ1) is 17.5. The molecule has 0 radical (unpaired) electrons. The second-order valence-corrected chi connectivity index (χ2v) is 10.1. The van der Waals surface area contributed by atoms with Crippen LogP contribution in [-0.4, -0.2) is 60.2 Å². The van der Waals surface area contributed by atoms with Gasteiger partial charge in [0, 0.05) is 37.3 Å². The van der Waals surface area contributed by atoms with E-state index in [0.29, 0.717) is 37.4 Å². The second kappa shape index (κ2) is 11.2. The molecule has 2 heterocycles. The van der Waals surface area contributed by atoms with Crippen LogP contribution < -0.4 is 9.47 Å². The molecule has 2 aromatic carbocycles. The zero-order valence-electron chi connectivity index (χ0n) is 19.9.